The van der Waals surface area contributed by atoms with E-state index < -0.39 is 30.4 Å². The van der Waals surface area contributed by atoms with Crippen molar-refractivity contribution in [3.05, 3.63) is 0 Å². The summed E-state index contributed by atoms with van der Waals surface area (Å²) in [5.41, 5.74) is 0. The van der Waals surface area contributed by atoms with Gasteiger partial charge in [-0.25, -0.2) is 0 Å². The number of esters is 2. The lowest BCUT2D eigenvalue weighted by Crippen LogP contribution is -2.45. The Morgan fingerprint density at radius 1 is 1.13 bits per heavy atom. The van der Waals surface area contributed by atoms with E-state index in [4.69, 9.17) is 18.9 Å². The van der Waals surface area contributed by atoms with E-state index in [0.717, 1.165) is 0 Å². The molecule has 2 saturated heterocycles. The van der Waals surface area contributed by atoms with Crippen molar-refractivity contribution < 1.29 is 28.5 Å². The first kappa shape index (κ1) is 10.4. The van der Waals surface area contributed by atoms with Crippen LogP contribution in [0.4, 0.5) is 0 Å². The number of fused-ring (bicyclic) bond motifs is 2. The van der Waals surface area contributed by atoms with Gasteiger partial charge in [-0.05, 0) is 0 Å². The molecule has 2 rings (SSSR count). The maximum absolute atomic E-state index is 10.8. The van der Waals surface area contributed by atoms with Crippen molar-refractivity contribution in [1.29, 1.82) is 0 Å². The lowest BCUT2D eigenvalue weighted by molar-refractivity contribution is -0.181. The molecule has 2 aliphatic rings. The van der Waals surface area contributed by atoms with Crippen molar-refractivity contribution in [3.8, 4) is 0 Å². The van der Waals surface area contributed by atoms with E-state index in [2.05, 4.69) is 0 Å². The third-order valence-electron chi connectivity index (χ3n) is 2.30. The van der Waals surface area contributed by atoms with Gasteiger partial charge in [0.2, 0.25) is 0 Å². The fourth-order valence-electron chi connectivity index (χ4n) is 1.80. The van der Waals surface area contributed by atoms with Crippen molar-refractivity contribution in [3.63, 3.8) is 0 Å². The van der Waals surface area contributed by atoms with Gasteiger partial charge in [-0.15, -0.1) is 0 Å². The average Bonchev–Trinajstić information content (AvgIpc) is 2.67. The summed E-state index contributed by atoms with van der Waals surface area (Å²) in [5.74, 6) is -0.870. The summed E-state index contributed by atoms with van der Waals surface area (Å²) in [5, 5.41) is 0. The van der Waals surface area contributed by atoms with Gasteiger partial charge in [0, 0.05) is 13.8 Å². The Kier molecular flexibility index (Phi) is 2.62. The van der Waals surface area contributed by atoms with Gasteiger partial charge < -0.3 is 18.9 Å². The van der Waals surface area contributed by atoms with Gasteiger partial charge in [0.1, 0.15) is 6.10 Å². The third-order valence-corrected chi connectivity index (χ3v) is 2.30. The number of carbonyl (C=O) groups is 2. The molecule has 0 spiro atoms. The Balaban J connectivity index is 2.05. The molecule has 0 saturated carbocycles. The van der Waals surface area contributed by atoms with Crippen LogP contribution in [0.2, 0.25) is 0 Å². The molecular weight excluding hydrogens is 204 g/mol. The van der Waals surface area contributed by atoms with E-state index in [1.165, 1.54) is 13.8 Å². The first-order valence-corrected chi connectivity index (χ1v) is 4.69. The third kappa shape index (κ3) is 1.95. The highest BCUT2D eigenvalue weighted by Gasteiger charge is 2.54. The molecule has 0 aromatic heterocycles. The van der Waals surface area contributed by atoms with Crippen molar-refractivity contribution in [2.24, 2.45) is 0 Å². The highest BCUT2D eigenvalue weighted by molar-refractivity contribution is 5.67. The molecule has 0 amide bonds. The van der Waals surface area contributed by atoms with Crippen LogP contribution in [0.3, 0.4) is 0 Å². The molecule has 2 heterocycles. The van der Waals surface area contributed by atoms with E-state index in [9.17, 15) is 9.59 Å². The topological polar surface area (TPSA) is 71.1 Å². The normalized spacial score (nSPS) is 37.7. The lowest BCUT2D eigenvalue weighted by Gasteiger charge is -2.26. The zero-order chi connectivity index (χ0) is 11.0. The fourth-order valence-corrected chi connectivity index (χ4v) is 1.80. The van der Waals surface area contributed by atoms with Crippen LogP contribution in [0.15, 0.2) is 0 Å². The number of hydrogen-bond donors (Lipinski definition) is 0. The Hall–Kier alpha value is -1.14. The van der Waals surface area contributed by atoms with Gasteiger partial charge in [0.05, 0.1) is 6.61 Å². The van der Waals surface area contributed by atoms with E-state index in [1.54, 1.807) is 0 Å². The maximum Gasteiger partial charge on any atom is 0.303 e. The summed E-state index contributed by atoms with van der Waals surface area (Å²) in [6, 6.07) is 0. The molecule has 0 aliphatic carbocycles. The first-order chi connectivity index (χ1) is 7.08. The largest absolute Gasteiger partial charge is 0.455 e. The van der Waals surface area contributed by atoms with E-state index in [0.29, 0.717) is 6.61 Å². The Morgan fingerprint density at radius 3 is 2.33 bits per heavy atom. The van der Waals surface area contributed by atoms with Crippen LogP contribution in [0, 0.1) is 0 Å². The molecule has 4 atom stereocenters. The molecule has 0 radical (unpaired) electrons. The van der Waals surface area contributed by atoms with Gasteiger partial charge in [0.25, 0.3) is 0 Å². The summed E-state index contributed by atoms with van der Waals surface area (Å²) in [4.78, 5) is 21.7. The minimum Gasteiger partial charge on any atom is -0.455 e. The van der Waals surface area contributed by atoms with Crippen LogP contribution in [-0.4, -0.2) is 43.1 Å². The van der Waals surface area contributed by atoms with Gasteiger partial charge >= 0.3 is 11.9 Å². The van der Waals surface area contributed by atoms with Crippen LogP contribution in [-0.2, 0) is 28.5 Å². The number of ether oxygens (including phenoxy) is 4. The standard InChI is InChI=1S/C9H12O6/c1-4(10)13-7-6-3-12-9(15-6)8(7)14-5(2)11/h6-9H,3H2,1-2H3/t6-,7-,8-,9-/m1/s1. The fraction of sp³-hybridized carbons (Fsp3) is 0.778. The molecule has 15 heavy (non-hydrogen) atoms. The van der Waals surface area contributed by atoms with Crippen molar-refractivity contribution in [1.82, 2.24) is 0 Å². The van der Waals surface area contributed by atoms with Crippen LogP contribution in [0.5, 0.6) is 0 Å². The SMILES string of the molecule is CC(=O)O[C@H]1[C@@H]2OC[C@@H](O2)[C@H]1OC(C)=O. The van der Waals surface area contributed by atoms with Crippen LogP contribution in [0.25, 0.3) is 0 Å². The minimum atomic E-state index is -0.648. The first-order valence-electron chi connectivity index (χ1n) is 4.69. The van der Waals surface area contributed by atoms with Crippen LogP contribution in [0.1, 0.15) is 13.8 Å². The second-order valence-electron chi connectivity index (χ2n) is 3.52. The zero-order valence-electron chi connectivity index (χ0n) is 8.47. The number of carbonyl (C=O) groups excluding carboxylic acids is 2. The molecule has 6 nitrogen and oxygen atoms in total. The maximum atomic E-state index is 10.8. The smallest absolute Gasteiger partial charge is 0.303 e. The van der Waals surface area contributed by atoms with Gasteiger partial charge in [0.15, 0.2) is 18.5 Å². The Labute approximate surface area is 86.4 Å². The van der Waals surface area contributed by atoms with Gasteiger partial charge in [-0.3, -0.25) is 9.59 Å². The predicted octanol–water partition coefficient (Wildman–Crippen LogP) is -0.395. The molecule has 6 heteroatoms. The zero-order valence-corrected chi connectivity index (χ0v) is 8.47. The minimum absolute atomic E-state index is 0.330. The molecule has 84 valence electrons. The molecule has 0 unspecified atom stereocenters. The molecule has 0 aromatic carbocycles. The monoisotopic (exact) mass is 216 g/mol. The lowest BCUT2D eigenvalue weighted by atomic mass is 10.1. The van der Waals surface area contributed by atoms with Gasteiger partial charge in [-0.1, -0.05) is 0 Å². The van der Waals surface area contributed by atoms with E-state index in [1.807, 2.05) is 0 Å². The molecular formula is C9H12O6. The van der Waals surface area contributed by atoms with E-state index >= 15 is 0 Å². The molecule has 0 N–H and O–H groups in total. The average molecular weight is 216 g/mol. The summed E-state index contributed by atoms with van der Waals surface area (Å²) in [7, 11) is 0. The summed E-state index contributed by atoms with van der Waals surface area (Å²) < 4.78 is 20.5. The quantitative estimate of drug-likeness (QED) is 0.585. The molecule has 0 aromatic rings. The highest BCUT2D eigenvalue weighted by Crippen LogP contribution is 2.33. The van der Waals surface area contributed by atoms with Crippen LogP contribution < -0.4 is 0 Å². The second kappa shape index (κ2) is 3.79. The van der Waals surface area contributed by atoms with Crippen LogP contribution >= 0.6 is 0 Å². The Morgan fingerprint density at radius 2 is 1.73 bits per heavy atom. The summed E-state index contributed by atoms with van der Waals surface area (Å²) in [6.45, 7) is 2.95. The molecule has 2 aliphatic heterocycles. The number of rotatable bonds is 2. The van der Waals surface area contributed by atoms with Gasteiger partial charge in [-0.2, -0.15) is 0 Å². The molecule has 2 fully saturated rings. The Bertz CT molecular complexity index is 260. The van der Waals surface area contributed by atoms with Crippen molar-refractivity contribution in [2.45, 2.75) is 38.4 Å². The summed E-state index contributed by atoms with van der Waals surface area (Å²) >= 11 is 0. The van der Waals surface area contributed by atoms with Crippen molar-refractivity contribution in [2.75, 3.05) is 6.61 Å². The highest BCUT2D eigenvalue weighted by atomic mass is 16.8. The van der Waals surface area contributed by atoms with Crippen molar-refractivity contribution >= 4 is 11.9 Å². The molecule has 2 bridgehead atoms. The van der Waals surface area contributed by atoms with E-state index in [-0.39, 0.29) is 6.10 Å². The number of hydrogen-bond acceptors (Lipinski definition) is 6. The predicted molar refractivity (Wildman–Crippen MR) is 45.7 cm³/mol. The second-order valence-corrected chi connectivity index (χ2v) is 3.52. The summed E-state index contributed by atoms with van der Waals surface area (Å²) in [6.07, 6.45) is -2.14.